The number of benzene rings is 2. The van der Waals surface area contributed by atoms with E-state index in [-0.39, 0.29) is 47.5 Å². The average molecular weight is 499 g/mol. The van der Waals surface area contributed by atoms with Crippen LogP contribution in [0.2, 0.25) is 0 Å². The van der Waals surface area contributed by atoms with Crippen LogP contribution in [0.15, 0.2) is 41.3 Å². The first-order valence-electron chi connectivity index (χ1n) is 11.0. The van der Waals surface area contributed by atoms with Crippen molar-refractivity contribution < 1.29 is 63.9 Å². The zero-order chi connectivity index (χ0) is 24.4. The summed E-state index contributed by atoms with van der Waals surface area (Å²) >= 11 is 1.65. The van der Waals surface area contributed by atoms with E-state index in [9.17, 15) is 24.9 Å². The predicted octanol–water partition coefficient (Wildman–Crippen LogP) is 0.645. The smallest absolute Gasteiger partial charge is 0.550 e. The van der Waals surface area contributed by atoms with Crippen LogP contribution in [0.3, 0.4) is 0 Å². The van der Waals surface area contributed by atoms with E-state index in [1.54, 1.807) is 36.9 Å². The Hall–Kier alpha value is -1.71. The molecule has 0 fully saturated rings. The summed E-state index contributed by atoms with van der Waals surface area (Å²) in [5.41, 5.74) is 1.31. The van der Waals surface area contributed by atoms with E-state index >= 15 is 0 Å². The maximum atomic E-state index is 11.2. The Morgan fingerprint density at radius 3 is 2.35 bits per heavy atom. The quantitative estimate of drug-likeness (QED) is 0.136. The molecule has 34 heavy (non-hydrogen) atoms. The Morgan fingerprint density at radius 2 is 1.76 bits per heavy atom. The molecule has 9 heteroatoms. The molecule has 0 aliphatic heterocycles. The number of rotatable bonds is 13. The number of aromatic hydroxyl groups is 1. The fourth-order valence-corrected chi connectivity index (χ4v) is 4.18. The Bertz CT molecular complexity index is 934. The summed E-state index contributed by atoms with van der Waals surface area (Å²) in [4.78, 5) is 22.9. The molecule has 0 aliphatic rings. The molecular formula is C25H31NaO7S. The summed E-state index contributed by atoms with van der Waals surface area (Å²) in [7, 11) is 0. The molecular weight excluding hydrogens is 467 g/mol. The molecule has 0 saturated heterocycles. The van der Waals surface area contributed by atoms with Gasteiger partial charge in [0, 0.05) is 29.1 Å². The van der Waals surface area contributed by atoms with Crippen molar-refractivity contribution >= 4 is 23.7 Å². The minimum atomic E-state index is -1.17. The van der Waals surface area contributed by atoms with Gasteiger partial charge in [-0.25, -0.2) is 0 Å². The number of aliphatic hydroxyl groups is 1. The van der Waals surface area contributed by atoms with Gasteiger partial charge in [0.25, 0.3) is 0 Å². The van der Waals surface area contributed by atoms with Gasteiger partial charge < -0.3 is 29.6 Å². The number of carboxylic acids is 1. The number of carbonyl (C=O) groups excluding carboxylic acids is 2. The molecule has 0 amide bonds. The largest absolute Gasteiger partial charge is 1.00 e. The van der Waals surface area contributed by atoms with E-state index in [1.807, 2.05) is 19.1 Å². The number of phenolic OH excluding ortho intramolecular Hbond substituents is 1. The van der Waals surface area contributed by atoms with E-state index in [4.69, 9.17) is 9.47 Å². The van der Waals surface area contributed by atoms with Crippen molar-refractivity contribution in [2.75, 3.05) is 12.4 Å². The summed E-state index contributed by atoms with van der Waals surface area (Å²) in [6, 6.07) is 10.7. The van der Waals surface area contributed by atoms with Gasteiger partial charge >= 0.3 is 35.5 Å². The number of carboxylic acid groups (broad SMARTS) is 1. The van der Waals surface area contributed by atoms with Gasteiger partial charge in [0.05, 0.1) is 12.7 Å². The molecule has 2 unspecified atom stereocenters. The van der Waals surface area contributed by atoms with Crippen molar-refractivity contribution in [3.8, 4) is 17.2 Å². The zero-order valence-corrected chi connectivity index (χ0v) is 23.0. The third kappa shape index (κ3) is 9.50. The predicted molar refractivity (Wildman–Crippen MR) is 124 cm³/mol. The van der Waals surface area contributed by atoms with E-state index in [0.717, 1.165) is 23.5 Å². The van der Waals surface area contributed by atoms with Gasteiger partial charge in [-0.05, 0) is 55.0 Å². The Labute approximate surface area is 227 Å². The van der Waals surface area contributed by atoms with E-state index in [0.29, 0.717) is 29.9 Å². The molecule has 0 saturated carbocycles. The number of ether oxygens (including phenoxy) is 2. The van der Waals surface area contributed by atoms with Crippen molar-refractivity contribution in [3.63, 3.8) is 0 Å². The Kier molecular flexibility index (Phi) is 13.7. The van der Waals surface area contributed by atoms with Gasteiger partial charge in [-0.3, -0.25) is 4.79 Å². The molecule has 0 heterocycles. The second-order valence-corrected chi connectivity index (χ2v) is 9.02. The third-order valence-electron chi connectivity index (χ3n) is 5.02. The van der Waals surface area contributed by atoms with Crippen molar-refractivity contribution in [1.29, 1.82) is 0 Å². The number of hydrogen-bond donors (Lipinski definition) is 2. The minimum absolute atomic E-state index is 0. The van der Waals surface area contributed by atoms with Crippen LogP contribution < -0.4 is 44.1 Å². The fraction of sp³-hybridized carbons (Fsp3) is 0.440. The second kappa shape index (κ2) is 15.3. The third-order valence-corrected chi connectivity index (χ3v) is 6.12. The maximum absolute atomic E-state index is 11.2. The van der Waals surface area contributed by atoms with Gasteiger partial charge in [0.2, 0.25) is 0 Å². The van der Waals surface area contributed by atoms with Crippen LogP contribution in [-0.4, -0.2) is 34.5 Å². The van der Waals surface area contributed by atoms with Crippen LogP contribution in [0.5, 0.6) is 17.2 Å². The number of hydrogen-bond acceptors (Lipinski definition) is 8. The summed E-state index contributed by atoms with van der Waals surface area (Å²) in [6.45, 7) is 5.42. The van der Waals surface area contributed by atoms with E-state index < -0.39 is 24.0 Å². The van der Waals surface area contributed by atoms with Crippen molar-refractivity contribution in [3.05, 3.63) is 47.5 Å². The number of aliphatic hydroxyl groups excluding tert-OH is 1. The zero-order valence-electron chi connectivity index (χ0n) is 20.2. The molecule has 2 rings (SSSR count). The molecule has 0 aliphatic carbocycles. The summed E-state index contributed by atoms with van der Waals surface area (Å²) in [5.74, 6) is -0.623. The molecule has 0 aromatic heterocycles. The van der Waals surface area contributed by atoms with Crippen LogP contribution in [0, 0.1) is 5.92 Å². The van der Waals surface area contributed by atoms with Crippen molar-refractivity contribution in [1.82, 2.24) is 0 Å². The first-order valence-corrected chi connectivity index (χ1v) is 12.0. The van der Waals surface area contributed by atoms with Gasteiger partial charge in [0.1, 0.15) is 5.75 Å². The molecule has 0 bridgehead atoms. The first kappa shape index (κ1) is 30.3. The average Bonchev–Trinajstić information content (AvgIpc) is 2.76. The maximum Gasteiger partial charge on any atom is 1.00 e. The standard InChI is InChI=1S/C25H32O7S.Na/c1-4-6-20-21(11-12-22(25(20)30)32-17(3)26)31-13-5-14-33-19-9-7-18(8-10-19)24(29)16(2)15-23(27)28;/h7-12,16,24,29-30H,4-6,13-15H2,1-3H3,(H,27,28);/q;+1/p-1. The van der Waals surface area contributed by atoms with Gasteiger partial charge in [-0.1, -0.05) is 32.4 Å². The Morgan fingerprint density at radius 1 is 1.12 bits per heavy atom. The number of aliphatic carboxylic acids is 1. The van der Waals surface area contributed by atoms with E-state index in [2.05, 4.69) is 0 Å². The molecule has 0 radical (unpaired) electrons. The van der Waals surface area contributed by atoms with Crippen molar-refractivity contribution in [2.24, 2.45) is 5.92 Å². The van der Waals surface area contributed by atoms with Crippen LogP contribution >= 0.6 is 11.8 Å². The molecule has 2 N–H and O–H groups in total. The van der Waals surface area contributed by atoms with Crippen molar-refractivity contribution in [2.45, 2.75) is 57.5 Å². The molecule has 2 atom stereocenters. The molecule has 2 aromatic carbocycles. The van der Waals surface area contributed by atoms with E-state index in [1.165, 1.54) is 13.0 Å². The fourth-order valence-electron chi connectivity index (χ4n) is 3.36. The summed E-state index contributed by atoms with van der Waals surface area (Å²) < 4.78 is 10.9. The minimum Gasteiger partial charge on any atom is -0.550 e. The molecule has 0 spiro atoms. The summed E-state index contributed by atoms with van der Waals surface area (Å²) in [5, 5.41) is 31.4. The number of phenols is 1. The monoisotopic (exact) mass is 498 g/mol. The molecule has 2 aromatic rings. The topological polar surface area (TPSA) is 116 Å². The van der Waals surface area contributed by atoms with Crippen LogP contribution in [0.25, 0.3) is 0 Å². The Balaban J connectivity index is 0.00000578. The van der Waals surface area contributed by atoms with Gasteiger partial charge in [-0.15, -0.1) is 11.8 Å². The van der Waals surface area contributed by atoms with Gasteiger partial charge in [-0.2, -0.15) is 0 Å². The first-order chi connectivity index (χ1) is 15.7. The van der Waals surface area contributed by atoms with Crippen LogP contribution in [0.1, 0.15) is 57.3 Å². The van der Waals surface area contributed by atoms with Crippen LogP contribution in [-0.2, 0) is 16.0 Å². The number of thioether (sulfide) groups is 1. The SMILES string of the molecule is CCCc1c(OCCCSc2ccc(C(O)C(C)CC(=O)[O-])cc2)ccc(OC(C)=O)c1O.[Na+]. The normalized spacial score (nSPS) is 12.4. The van der Waals surface area contributed by atoms with Gasteiger partial charge in [0.15, 0.2) is 11.5 Å². The van der Waals surface area contributed by atoms with Crippen LogP contribution in [0.4, 0.5) is 0 Å². The second-order valence-electron chi connectivity index (χ2n) is 7.85. The molecule has 7 nitrogen and oxygen atoms in total. The number of carbonyl (C=O) groups is 2. The molecule has 180 valence electrons. The number of esters is 1. The summed E-state index contributed by atoms with van der Waals surface area (Å²) in [6.07, 6.45) is 1.14.